The Balaban J connectivity index is 2.05. The van der Waals surface area contributed by atoms with Gasteiger partial charge in [-0.3, -0.25) is 9.25 Å². The zero-order chi connectivity index (χ0) is 13.4. The minimum Gasteiger partial charge on any atom is -0.408 e. The number of nitrogens with two attached hydrogens (primary N) is 1. The molecule has 0 fully saturated rings. The highest BCUT2D eigenvalue weighted by molar-refractivity contribution is 5.76. The van der Waals surface area contributed by atoms with Crippen molar-refractivity contribution in [3.05, 3.63) is 46.7 Å². The number of aryl methyl sites for hydroxylation is 1. The molecule has 0 spiro atoms. The minimum atomic E-state index is -0.384. The van der Waals surface area contributed by atoms with Gasteiger partial charge >= 0.3 is 5.76 Å². The van der Waals surface area contributed by atoms with Crippen LogP contribution in [0.3, 0.4) is 0 Å². The van der Waals surface area contributed by atoms with Gasteiger partial charge in [0.25, 0.3) is 0 Å². The van der Waals surface area contributed by atoms with Gasteiger partial charge in [-0.05, 0) is 19.1 Å². The molecule has 19 heavy (non-hydrogen) atoms. The summed E-state index contributed by atoms with van der Waals surface area (Å²) in [5.74, 6) is -0.384. The molecule has 0 saturated heterocycles. The Morgan fingerprint density at radius 2 is 2.26 bits per heavy atom. The first-order valence-corrected chi connectivity index (χ1v) is 6.07. The first kappa shape index (κ1) is 11.6. The summed E-state index contributed by atoms with van der Waals surface area (Å²) in [4.78, 5) is 11.9. The Morgan fingerprint density at radius 3 is 3.00 bits per heavy atom. The number of hydrogen-bond donors (Lipinski definition) is 1. The molecule has 6 heteroatoms. The number of aromatic nitrogens is 3. The van der Waals surface area contributed by atoms with E-state index < -0.39 is 0 Å². The Kier molecular flexibility index (Phi) is 2.63. The molecule has 6 nitrogen and oxygen atoms in total. The molecule has 3 rings (SSSR count). The number of fused-ring (bicyclic) bond motifs is 1. The van der Waals surface area contributed by atoms with Crippen molar-refractivity contribution in [2.45, 2.75) is 20.0 Å². The van der Waals surface area contributed by atoms with E-state index in [1.807, 2.05) is 17.8 Å². The molecular weight excluding hydrogens is 244 g/mol. The van der Waals surface area contributed by atoms with E-state index in [2.05, 4.69) is 5.10 Å². The van der Waals surface area contributed by atoms with E-state index in [1.165, 1.54) is 0 Å². The van der Waals surface area contributed by atoms with E-state index in [1.54, 1.807) is 29.0 Å². The second kappa shape index (κ2) is 4.31. The zero-order valence-corrected chi connectivity index (χ0v) is 10.5. The van der Waals surface area contributed by atoms with Gasteiger partial charge in [0.15, 0.2) is 5.58 Å². The SMILES string of the molecule is CCn1cc(Cn2c(=O)oc3cc(N)ccc32)cn1. The van der Waals surface area contributed by atoms with Gasteiger partial charge < -0.3 is 10.2 Å². The number of benzene rings is 1. The summed E-state index contributed by atoms with van der Waals surface area (Å²) < 4.78 is 8.58. The van der Waals surface area contributed by atoms with Crippen LogP contribution in [-0.4, -0.2) is 14.3 Å². The molecule has 1 aromatic carbocycles. The topological polar surface area (TPSA) is 79.0 Å². The van der Waals surface area contributed by atoms with Gasteiger partial charge in [-0.1, -0.05) is 0 Å². The van der Waals surface area contributed by atoms with Gasteiger partial charge in [0, 0.05) is 30.1 Å². The van der Waals surface area contributed by atoms with Crippen LogP contribution in [0, 0.1) is 0 Å². The Morgan fingerprint density at radius 1 is 1.42 bits per heavy atom. The van der Waals surface area contributed by atoms with Crippen LogP contribution in [-0.2, 0) is 13.1 Å². The second-order valence-electron chi connectivity index (χ2n) is 4.39. The van der Waals surface area contributed by atoms with Crippen molar-refractivity contribution in [2.24, 2.45) is 0 Å². The standard InChI is InChI=1S/C13H14N4O2/c1-2-16-7-9(6-15-16)8-17-11-4-3-10(14)5-12(11)19-13(17)18/h3-7H,2,8,14H2,1H3. The van der Waals surface area contributed by atoms with Crippen LogP contribution >= 0.6 is 0 Å². The smallest absolute Gasteiger partial charge is 0.408 e. The maximum Gasteiger partial charge on any atom is 0.420 e. The monoisotopic (exact) mass is 258 g/mol. The number of nitrogen functional groups attached to an aromatic ring is 1. The summed E-state index contributed by atoms with van der Waals surface area (Å²) >= 11 is 0. The van der Waals surface area contributed by atoms with Crippen molar-refractivity contribution >= 4 is 16.8 Å². The van der Waals surface area contributed by atoms with Crippen LogP contribution in [0.25, 0.3) is 11.1 Å². The van der Waals surface area contributed by atoms with Gasteiger partial charge in [0.05, 0.1) is 18.3 Å². The molecule has 2 aromatic heterocycles. The van der Waals surface area contributed by atoms with Crippen LogP contribution < -0.4 is 11.5 Å². The van der Waals surface area contributed by atoms with Gasteiger partial charge in [-0.25, -0.2) is 4.79 Å². The first-order valence-electron chi connectivity index (χ1n) is 6.07. The van der Waals surface area contributed by atoms with Crippen LogP contribution in [0.1, 0.15) is 12.5 Å². The number of anilines is 1. The van der Waals surface area contributed by atoms with E-state index in [0.717, 1.165) is 17.6 Å². The summed E-state index contributed by atoms with van der Waals surface area (Å²) in [6.07, 6.45) is 3.68. The fourth-order valence-electron chi connectivity index (χ4n) is 2.08. The largest absolute Gasteiger partial charge is 0.420 e. The molecule has 0 unspecified atom stereocenters. The quantitative estimate of drug-likeness (QED) is 0.721. The normalized spacial score (nSPS) is 11.2. The van der Waals surface area contributed by atoms with Crippen LogP contribution in [0.5, 0.6) is 0 Å². The molecule has 0 saturated carbocycles. The third kappa shape index (κ3) is 2.01. The molecule has 0 atom stereocenters. The van der Waals surface area contributed by atoms with Crippen LogP contribution in [0.4, 0.5) is 5.69 Å². The third-order valence-corrected chi connectivity index (χ3v) is 3.04. The molecule has 2 heterocycles. The number of nitrogens with zero attached hydrogens (tertiary/aromatic N) is 3. The summed E-state index contributed by atoms with van der Waals surface area (Å²) in [5, 5.41) is 4.19. The van der Waals surface area contributed by atoms with Gasteiger partial charge in [0.2, 0.25) is 0 Å². The highest BCUT2D eigenvalue weighted by Gasteiger charge is 2.10. The highest BCUT2D eigenvalue weighted by Crippen LogP contribution is 2.17. The van der Waals surface area contributed by atoms with Crippen LogP contribution in [0.15, 0.2) is 39.8 Å². The summed E-state index contributed by atoms with van der Waals surface area (Å²) in [7, 11) is 0. The predicted octanol–water partition coefficient (Wildman–Crippen LogP) is 1.44. The lowest BCUT2D eigenvalue weighted by atomic mass is 10.3. The average Bonchev–Trinajstić information content (AvgIpc) is 2.95. The van der Waals surface area contributed by atoms with Crippen molar-refractivity contribution in [3.8, 4) is 0 Å². The maximum absolute atomic E-state index is 11.9. The van der Waals surface area contributed by atoms with Crippen molar-refractivity contribution < 1.29 is 4.42 Å². The van der Waals surface area contributed by atoms with E-state index in [0.29, 0.717) is 17.8 Å². The molecule has 0 aliphatic heterocycles. The van der Waals surface area contributed by atoms with E-state index in [4.69, 9.17) is 10.2 Å². The highest BCUT2D eigenvalue weighted by atomic mass is 16.4. The maximum atomic E-state index is 11.9. The van der Waals surface area contributed by atoms with E-state index in [-0.39, 0.29) is 5.76 Å². The fourth-order valence-corrected chi connectivity index (χ4v) is 2.08. The van der Waals surface area contributed by atoms with E-state index in [9.17, 15) is 4.79 Å². The van der Waals surface area contributed by atoms with Gasteiger partial charge in [0.1, 0.15) is 0 Å². The molecule has 2 N–H and O–H groups in total. The number of hydrogen-bond acceptors (Lipinski definition) is 4. The molecule has 3 aromatic rings. The second-order valence-corrected chi connectivity index (χ2v) is 4.39. The third-order valence-electron chi connectivity index (χ3n) is 3.04. The van der Waals surface area contributed by atoms with Crippen molar-refractivity contribution in [3.63, 3.8) is 0 Å². The Hall–Kier alpha value is -2.50. The molecule has 0 aliphatic carbocycles. The van der Waals surface area contributed by atoms with Crippen molar-refractivity contribution in [1.29, 1.82) is 0 Å². The minimum absolute atomic E-state index is 0.384. The molecule has 0 bridgehead atoms. The molecule has 0 radical (unpaired) electrons. The summed E-state index contributed by atoms with van der Waals surface area (Å²) in [6, 6.07) is 5.20. The average molecular weight is 258 g/mol. The predicted molar refractivity (Wildman–Crippen MR) is 71.9 cm³/mol. The Labute approximate surface area is 109 Å². The van der Waals surface area contributed by atoms with Gasteiger partial charge in [-0.2, -0.15) is 5.10 Å². The molecular formula is C13H14N4O2. The number of oxazole rings is 1. The lowest BCUT2D eigenvalue weighted by molar-refractivity contribution is 0.517. The van der Waals surface area contributed by atoms with Crippen molar-refractivity contribution in [2.75, 3.05) is 5.73 Å². The number of rotatable bonds is 3. The molecule has 0 aliphatic rings. The summed E-state index contributed by atoms with van der Waals surface area (Å²) in [6.45, 7) is 3.26. The van der Waals surface area contributed by atoms with Gasteiger partial charge in [-0.15, -0.1) is 0 Å². The van der Waals surface area contributed by atoms with Crippen molar-refractivity contribution in [1.82, 2.24) is 14.3 Å². The van der Waals surface area contributed by atoms with Crippen LogP contribution in [0.2, 0.25) is 0 Å². The zero-order valence-electron chi connectivity index (χ0n) is 10.5. The lowest BCUT2D eigenvalue weighted by Crippen LogP contribution is -2.14. The first-order chi connectivity index (χ1) is 9.17. The molecule has 98 valence electrons. The molecule has 0 amide bonds. The fraction of sp³-hybridized carbons (Fsp3) is 0.231. The lowest BCUT2D eigenvalue weighted by Gasteiger charge is -1.99. The Bertz CT molecular complexity index is 781. The summed E-state index contributed by atoms with van der Waals surface area (Å²) in [5.41, 5.74) is 8.46. The van der Waals surface area contributed by atoms with E-state index >= 15 is 0 Å².